The number of esters is 1. The summed E-state index contributed by atoms with van der Waals surface area (Å²) in [4.78, 5) is 57.8. The maximum Gasteiger partial charge on any atom is 0.329 e. The number of amides is 1. The molecule has 3 heterocycles. The standard InChI is InChI=1S/C45H71NO12/c1-10-13-32-19-26(2)18-27(3)20-33(54-7)24-40-39(56-9)22-29(5)45(53,58-40)42(50)43(51)46-17-12-11-14-34(46)44(52)57-41(30(6)36(48)25-37(32)49)28(4)21-31-15-16-35(47)38(23-31)55-8/h10,19,21,27,29-36,38-41,47-48,53H,1,11-18,20,22-25H2,2-9H3/b26-19-,28-21+/t27-,29+,30+,31-,32+,33-,34-,35+,36-,38+,39-,40+,41+,45+/m0/s1. The molecule has 4 aliphatic rings. The van der Waals surface area contributed by atoms with Gasteiger partial charge in [0, 0.05) is 58.5 Å². The number of allylic oxidation sites excluding steroid dienone is 4. The zero-order valence-corrected chi connectivity index (χ0v) is 36.1. The molecule has 13 heteroatoms. The second-order valence-corrected chi connectivity index (χ2v) is 17.7. The first-order chi connectivity index (χ1) is 27.5. The van der Waals surface area contributed by atoms with Crippen LogP contribution in [0.1, 0.15) is 112 Å². The lowest BCUT2D eigenvalue weighted by atomic mass is 9.81. The number of methoxy groups -OCH3 is 3. The molecular formula is C45H71NO12. The molecule has 4 rings (SSSR count). The summed E-state index contributed by atoms with van der Waals surface area (Å²) in [5.74, 6) is -7.53. The number of hydrogen-bond acceptors (Lipinski definition) is 12. The van der Waals surface area contributed by atoms with Crippen molar-refractivity contribution < 1.29 is 58.2 Å². The van der Waals surface area contributed by atoms with Crippen molar-refractivity contribution >= 4 is 23.4 Å². The van der Waals surface area contributed by atoms with Gasteiger partial charge in [-0.25, -0.2) is 4.79 Å². The van der Waals surface area contributed by atoms with Gasteiger partial charge in [0.15, 0.2) is 0 Å². The predicted molar refractivity (Wildman–Crippen MR) is 217 cm³/mol. The Morgan fingerprint density at radius 2 is 1.64 bits per heavy atom. The van der Waals surface area contributed by atoms with Gasteiger partial charge in [0.05, 0.1) is 36.6 Å². The Kier molecular flexibility index (Phi) is 17.9. The number of aliphatic hydroxyl groups is 3. The molecular weight excluding hydrogens is 746 g/mol. The normalized spacial score (nSPS) is 40.7. The fourth-order valence-electron chi connectivity index (χ4n) is 9.60. The van der Waals surface area contributed by atoms with E-state index < -0.39 is 77.8 Å². The highest BCUT2D eigenvalue weighted by Gasteiger charge is 2.55. The smallest absolute Gasteiger partial charge is 0.329 e. The van der Waals surface area contributed by atoms with Crippen molar-refractivity contribution in [2.24, 2.45) is 29.6 Å². The van der Waals surface area contributed by atoms with E-state index in [0.717, 1.165) is 5.57 Å². The van der Waals surface area contributed by atoms with Gasteiger partial charge in [-0.1, -0.05) is 44.6 Å². The van der Waals surface area contributed by atoms with Crippen LogP contribution >= 0.6 is 0 Å². The number of rotatable bonds is 7. The first-order valence-electron chi connectivity index (χ1n) is 21.4. The van der Waals surface area contributed by atoms with Gasteiger partial charge in [-0.05, 0) is 95.5 Å². The third-order valence-electron chi connectivity index (χ3n) is 13.1. The molecule has 0 radical (unpaired) electrons. The minimum absolute atomic E-state index is 0.0100. The molecule has 1 amide bonds. The average Bonchev–Trinajstić information content (AvgIpc) is 3.19. The topological polar surface area (TPSA) is 178 Å². The molecule has 0 aromatic carbocycles. The van der Waals surface area contributed by atoms with Crippen molar-refractivity contribution in [3.05, 3.63) is 36.0 Å². The molecule has 2 saturated heterocycles. The summed E-state index contributed by atoms with van der Waals surface area (Å²) in [6.07, 6.45) is 6.02. The molecule has 58 heavy (non-hydrogen) atoms. The number of Topliss-reactive ketones (excluding diaryl/α,β-unsaturated/α-hetero) is 2. The van der Waals surface area contributed by atoms with Gasteiger partial charge in [-0.15, -0.1) is 6.58 Å². The van der Waals surface area contributed by atoms with Crippen LogP contribution in [0.2, 0.25) is 0 Å². The van der Waals surface area contributed by atoms with E-state index >= 15 is 0 Å². The first-order valence-corrected chi connectivity index (χ1v) is 21.4. The molecule has 3 N–H and O–H groups in total. The Morgan fingerprint density at radius 1 is 0.931 bits per heavy atom. The molecule has 0 aromatic heterocycles. The lowest BCUT2D eigenvalue weighted by molar-refractivity contribution is -0.289. The van der Waals surface area contributed by atoms with Crippen molar-refractivity contribution in [3.63, 3.8) is 0 Å². The molecule has 1 saturated carbocycles. The number of nitrogens with zero attached hydrogens (tertiary/aromatic N) is 1. The Bertz CT molecular complexity index is 1500. The summed E-state index contributed by atoms with van der Waals surface area (Å²) in [7, 11) is 4.70. The summed E-state index contributed by atoms with van der Waals surface area (Å²) in [5, 5.41) is 34.1. The highest BCUT2D eigenvalue weighted by molar-refractivity contribution is 6.39. The first kappa shape index (κ1) is 47.9. The summed E-state index contributed by atoms with van der Waals surface area (Å²) < 4.78 is 29.7. The summed E-state index contributed by atoms with van der Waals surface area (Å²) in [6.45, 7) is 13.2. The van der Waals surface area contributed by atoms with Gasteiger partial charge in [0.25, 0.3) is 11.7 Å². The fourth-order valence-corrected chi connectivity index (χ4v) is 9.60. The maximum absolute atomic E-state index is 14.3. The van der Waals surface area contributed by atoms with E-state index in [4.69, 9.17) is 23.7 Å². The lowest BCUT2D eigenvalue weighted by Gasteiger charge is -2.45. The van der Waals surface area contributed by atoms with Gasteiger partial charge in [0.2, 0.25) is 5.79 Å². The number of carbonyl (C=O) groups is 4. The molecule has 0 unspecified atom stereocenters. The van der Waals surface area contributed by atoms with Crippen LogP contribution in [0.25, 0.3) is 0 Å². The van der Waals surface area contributed by atoms with Crippen molar-refractivity contribution in [2.75, 3.05) is 27.9 Å². The number of fused-ring (bicyclic) bond motifs is 3. The van der Waals surface area contributed by atoms with Gasteiger partial charge in [-0.2, -0.15) is 0 Å². The number of hydrogen-bond donors (Lipinski definition) is 3. The molecule has 0 aromatic rings. The Labute approximate surface area is 345 Å². The third-order valence-corrected chi connectivity index (χ3v) is 13.1. The van der Waals surface area contributed by atoms with Crippen LogP contribution in [0.4, 0.5) is 0 Å². The molecule has 13 nitrogen and oxygen atoms in total. The number of ketones is 2. The Balaban J connectivity index is 1.76. The molecule has 1 aliphatic carbocycles. The molecule has 14 atom stereocenters. The van der Waals surface area contributed by atoms with Crippen LogP contribution in [0.3, 0.4) is 0 Å². The molecule has 328 valence electrons. The molecule has 0 spiro atoms. The lowest BCUT2D eigenvalue weighted by Crippen LogP contribution is -2.63. The number of cyclic esters (lactones) is 1. The zero-order chi connectivity index (χ0) is 42.9. The van der Waals surface area contributed by atoms with Crippen LogP contribution < -0.4 is 0 Å². The second kappa shape index (κ2) is 21.7. The van der Waals surface area contributed by atoms with Gasteiger partial charge >= 0.3 is 5.97 Å². The minimum Gasteiger partial charge on any atom is -0.456 e. The number of piperidine rings is 1. The van der Waals surface area contributed by atoms with Crippen LogP contribution in [-0.2, 0) is 42.9 Å². The SMILES string of the molecule is C=CC[C@@H]1/C=C(/C)C[C@H](C)C[C@H](OC)C[C@H]2O[C@@](O)(C(=O)C(=O)N3CCCC[C@H]3C(=O)O[C@H](/C(C)=C/[C@@H]3CC[C@@H](O)[C@H](OC)C3)[C@H](C)[C@@H](O)CC1=O)[C@H](C)C[C@@H]2OC. The highest BCUT2D eigenvalue weighted by Crippen LogP contribution is 2.39. The van der Waals surface area contributed by atoms with E-state index in [0.29, 0.717) is 56.9 Å². The summed E-state index contributed by atoms with van der Waals surface area (Å²) >= 11 is 0. The maximum atomic E-state index is 14.3. The minimum atomic E-state index is -2.47. The van der Waals surface area contributed by atoms with Crippen LogP contribution in [0, 0.1) is 29.6 Å². The predicted octanol–water partition coefficient (Wildman–Crippen LogP) is 5.03. The third kappa shape index (κ3) is 11.7. The fraction of sp³-hybridized carbons (Fsp3) is 0.778. The number of carbonyl (C=O) groups excluding carboxylic acids is 4. The summed E-state index contributed by atoms with van der Waals surface area (Å²) in [5.41, 5.74) is 1.65. The monoisotopic (exact) mass is 817 g/mol. The molecule has 3 aliphatic heterocycles. The van der Waals surface area contributed by atoms with Gasteiger partial charge in [0.1, 0.15) is 17.9 Å². The Morgan fingerprint density at radius 3 is 2.29 bits per heavy atom. The molecule has 2 bridgehead atoms. The quantitative estimate of drug-likeness (QED) is 0.178. The van der Waals surface area contributed by atoms with Crippen molar-refractivity contribution in [3.8, 4) is 0 Å². The number of ether oxygens (including phenoxy) is 5. The zero-order valence-electron chi connectivity index (χ0n) is 36.1. The largest absolute Gasteiger partial charge is 0.456 e. The average molecular weight is 818 g/mol. The van der Waals surface area contributed by atoms with E-state index in [2.05, 4.69) is 13.5 Å². The van der Waals surface area contributed by atoms with Gasteiger partial charge in [-0.3, -0.25) is 14.4 Å². The van der Waals surface area contributed by atoms with Gasteiger partial charge < -0.3 is 43.9 Å². The molecule has 3 fully saturated rings. The van der Waals surface area contributed by atoms with Crippen molar-refractivity contribution in [1.82, 2.24) is 4.90 Å². The van der Waals surface area contributed by atoms with Crippen LogP contribution in [-0.4, -0.2) is 126 Å². The van der Waals surface area contributed by atoms with E-state index in [-0.39, 0.29) is 62.1 Å². The van der Waals surface area contributed by atoms with Crippen LogP contribution in [0.15, 0.2) is 36.0 Å². The van der Waals surface area contributed by atoms with E-state index in [9.17, 15) is 34.5 Å². The highest BCUT2D eigenvalue weighted by atomic mass is 16.7. The number of aliphatic hydroxyl groups excluding tert-OH is 2. The Hall–Kier alpha value is -2.78. The second-order valence-electron chi connectivity index (χ2n) is 17.7. The van der Waals surface area contributed by atoms with E-state index in [1.165, 1.54) is 4.90 Å². The van der Waals surface area contributed by atoms with Crippen molar-refractivity contribution in [2.45, 2.75) is 166 Å². The summed E-state index contributed by atoms with van der Waals surface area (Å²) in [6, 6.07) is -1.14. The van der Waals surface area contributed by atoms with E-state index in [1.54, 1.807) is 41.3 Å². The van der Waals surface area contributed by atoms with Crippen LogP contribution in [0.5, 0.6) is 0 Å². The van der Waals surface area contributed by atoms with Crippen molar-refractivity contribution in [1.29, 1.82) is 0 Å². The van der Waals surface area contributed by atoms with E-state index in [1.807, 2.05) is 26.0 Å².